The first-order chi connectivity index (χ1) is 14.8. The van der Waals surface area contributed by atoms with Crippen molar-refractivity contribution in [2.24, 2.45) is 0 Å². The van der Waals surface area contributed by atoms with Gasteiger partial charge >= 0.3 is 11.9 Å². The fraction of sp³-hybridized carbons (Fsp3) is 0.364. The summed E-state index contributed by atoms with van der Waals surface area (Å²) >= 11 is 0. The van der Waals surface area contributed by atoms with Crippen molar-refractivity contribution >= 4 is 17.0 Å². The first-order valence-electron chi connectivity index (χ1n) is 10.1. The average molecular weight is 433 g/mol. The van der Waals surface area contributed by atoms with Gasteiger partial charge in [0.15, 0.2) is 5.58 Å². The minimum Gasteiger partial charge on any atom is -0.408 e. The quantitative estimate of drug-likeness (QED) is 0.619. The molecule has 0 atom stereocenters. The van der Waals surface area contributed by atoms with Crippen molar-refractivity contribution in [1.29, 1.82) is 0 Å². The first-order valence-corrected chi connectivity index (χ1v) is 10.1. The highest BCUT2D eigenvalue weighted by atomic mass is 19.4. The number of alkyl halides is 3. The van der Waals surface area contributed by atoms with Crippen LogP contribution in [0, 0.1) is 0 Å². The van der Waals surface area contributed by atoms with E-state index in [2.05, 4.69) is 4.90 Å². The molecule has 1 aromatic heterocycles. The van der Waals surface area contributed by atoms with Crippen molar-refractivity contribution < 1.29 is 22.4 Å². The van der Waals surface area contributed by atoms with Crippen LogP contribution in [-0.4, -0.2) is 53.0 Å². The number of hydrogen-bond donors (Lipinski definition) is 0. The van der Waals surface area contributed by atoms with Gasteiger partial charge in [0.1, 0.15) is 0 Å². The van der Waals surface area contributed by atoms with Crippen LogP contribution in [0.4, 0.5) is 13.2 Å². The first kappa shape index (κ1) is 21.2. The molecule has 0 aliphatic carbocycles. The van der Waals surface area contributed by atoms with Crippen LogP contribution in [0.1, 0.15) is 22.3 Å². The van der Waals surface area contributed by atoms with Crippen LogP contribution in [0.3, 0.4) is 0 Å². The van der Waals surface area contributed by atoms with Gasteiger partial charge in [-0.15, -0.1) is 0 Å². The zero-order valence-corrected chi connectivity index (χ0v) is 16.8. The van der Waals surface area contributed by atoms with Gasteiger partial charge in [0.05, 0.1) is 11.1 Å². The molecule has 9 heteroatoms. The Bertz CT molecular complexity index is 1110. The Balaban J connectivity index is 1.27. The maximum Gasteiger partial charge on any atom is 0.419 e. The van der Waals surface area contributed by atoms with Crippen molar-refractivity contribution in [3.63, 3.8) is 0 Å². The number of amides is 1. The topological polar surface area (TPSA) is 58.7 Å². The molecule has 1 saturated heterocycles. The van der Waals surface area contributed by atoms with Crippen molar-refractivity contribution in [3.8, 4) is 0 Å². The number of para-hydroxylation sites is 2. The van der Waals surface area contributed by atoms with Crippen LogP contribution in [-0.2, 0) is 12.7 Å². The summed E-state index contributed by atoms with van der Waals surface area (Å²) in [5.74, 6) is -0.627. The van der Waals surface area contributed by atoms with Gasteiger partial charge in [0.2, 0.25) is 0 Å². The standard InChI is InChI=1S/C22H22F3N3O3/c23-22(24,25)17-8-6-16(7-9-17)20(29)27-14-12-26(13-15-27)10-3-11-28-18-4-1-2-5-19(18)31-21(28)30/h1-2,4-9H,3,10-15H2. The summed E-state index contributed by atoms with van der Waals surface area (Å²) in [6, 6.07) is 11.6. The zero-order chi connectivity index (χ0) is 22.0. The van der Waals surface area contributed by atoms with E-state index in [4.69, 9.17) is 4.42 Å². The summed E-state index contributed by atoms with van der Waals surface area (Å²) in [6.45, 7) is 3.68. The van der Waals surface area contributed by atoms with Gasteiger partial charge in [-0.3, -0.25) is 14.3 Å². The van der Waals surface area contributed by atoms with Crippen molar-refractivity contribution in [2.75, 3.05) is 32.7 Å². The Kier molecular flexibility index (Phi) is 5.86. The third-order valence-electron chi connectivity index (χ3n) is 5.55. The van der Waals surface area contributed by atoms with Gasteiger partial charge < -0.3 is 9.32 Å². The van der Waals surface area contributed by atoms with E-state index in [-0.39, 0.29) is 17.2 Å². The van der Waals surface area contributed by atoms with Gasteiger partial charge in [-0.05, 0) is 49.4 Å². The number of piperazine rings is 1. The predicted octanol–water partition coefficient (Wildman–Crippen LogP) is 3.46. The molecule has 31 heavy (non-hydrogen) atoms. The molecular weight excluding hydrogens is 411 g/mol. The number of benzene rings is 2. The van der Waals surface area contributed by atoms with Crippen LogP contribution < -0.4 is 5.76 Å². The van der Waals surface area contributed by atoms with E-state index in [1.165, 1.54) is 12.1 Å². The van der Waals surface area contributed by atoms with Crippen LogP contribution in [0.15, 0.2) is 57.7 Å². The van der Waals surface area contributed by atoms with E-state index in [0.717, 1.165) is 30.6 Å². The number of halogens is 3. The van der Waals surface area contributed by atoms with Crippen molar-refractivity contribution in [1.82, 2.24) is 14.4 Å². The minimum absolute atomic E-state index is 0.257. The molecule has 3 aromatic rings. The molecule has 1 amide bonds. The second-order valence-corrected chi connectivity index (χ2v) is 7.55. The van der Waals surface area contributed by atoms with Crippen LogP contribution in [0.5, 0.6) is 0 Å². The molecule has 6 nitrogen and oxygen atoms in total. The molecule has 0 spiro atoms. The molecule has 0 bridgehead atoms. The maximum absolute atomic E-state index is 12.7. The Morgan fingerprint density at radius 3 is 2.29 bits per heavy atom. The summed E-state index contributed by atoms with van der Waals surface area (Å²) in [5.41, 5.74) is 0.841. The number of rotatable bonds is 5. The highest BCUT2D eigenvalue weighted by Gasteiger charge is 2.30. The number of nitrogens with zero attached hydrogens (tertiary/aromatic N) is 3. The normalized spacial score (nSPS) is 15.5. The Morgan fingerprint density at radius 1 is 0.935 bits per heavy atom. The van der Waals surface area contributed by atoms with Gasteiger partial charge in [-0.1, -0.05) is 12.1 Å². The predicted molar refractivity (Wildman–Crippen MR) is 109 cm³/mol. The van der Waals surface area contributed by atoms with Crippen molar-refractivity contribution in [3.05, 3.63) is 70.2 Å². The third-order valence-corrected chi connectivity index (χ3v) is 5.55. The largest absolute Gasteiger partial charge is 0.419 e. The Hall–Kier alpha value is -3.07. The summed E-state index contributed by atoms with van der Waals surface area (Å²) in [4.78, 5) is 28.5. The Morgan fingerprint density at radius 2 is 1.61 bits per heavy atom. The van der Waals surface area contributed by atoms with E-state index < -0.39 is 11.7 Å². The molecule has 0 radical (unpaired) electrons. The number of oxazole rings is 1. The Labute approximate surface area is 176 Å². The average Bonchev–Trinajstić information content (AvgIpc) is 3.08. The lowest BCUT2D eigenvalue weighted by Gasteiger charge is -2.34. The SMILES string of the molecule is O=C(c1ccc(C(F)(F)F)cc1)N1CCN(CCCn2c(=O)oc3ccccc32)CC1. The third kappa shape index (κ3) is 4.66. The number of fused-ring (bicyclic) bond motifs is 1. The summed E-state index contributed by atoms with van der Waals surface area (Å²) in [7, 11) is 0. The number of aryl methyl sites for hydroxylation is 1. The highest BCUT2D eigenvalue weighted by Crippen LogP contribution is 2.29. The lowest BCUT2D eigenvalue weighted by Crippen LogP contribution is -2.49. The van der Waals surface area contributed by atoms with Crippen molar-refractivity contribution in [2.45, 2.75) is 19.1 Å². The molecule has 0 N–H and O–H groups in total. The van der Waals surface area contributed by atoms with E-state index in [9.17, 15) is 22.8 Å². The van der Waals surface area contributed by atoms with Crippen LogP contribution >= 0.6 is 0 Å². The van der Waals surface area contributed by atoms with E-state index in [1.54, 1.807) is 15.5 Å². The lowest BCUT2D eigenvalue weighted by molar-refractivity contribution is -0.137. The molecule has 1 aliphatic rings. The monoisotopic (exact) mass is 433 g/mol. The van der Waals surface area contributed by atoms with Crippen LogP contribution in [0.2, 0.25) is 0 Å². The van der Waals surface area contributed by atoms with Gasteiger partial charge in [-0.2, -0.15) is 13.2 Å². The molecule has 0 unspecified atom stereocenters. The summed E-state index contributed by atoms with van der Waals surface area (Å²) < 4.78 is 44.9. The molecular formula is C22H22F3N3O3. The number of carbonyl (C=O) groups excluding carboxylic acids is 1. The van der Waals surface area contributed by atoms with Crippen LogP contribution in [0.25, 0.3) is 11.1 Å². The zero-order valence-electron chi connectivity index (χ0n) is 16.8. The summed E-state index contributed by atoms with van der Waals surface area (Å²) in [5, 5.41) is 0. The van der Waals surface area contributed by atoms with E-state index >= 15 is 0 Å². The second-order valence-electron chi connectivity index (χ2n) is 7.55. The fourth-order valence-electron chi connectivity index (χ4n) is 3.84. The lowest BCUT2D eigenvalue weighted by atomic mass is 10.1. The minimum atomic E-state index is -4.42. The van der Waals surface area contributed by atoms with E-state index in [0.29, 0.717) is 38.3 Å². The van der Waals surface area contributed by atoms with E-state index in [1.807, 2.05) is 18.2 Å². The smallest absolute Gasteiger partial charge is 0.408 e. The van der Waals surface area contributed by atoms with Gasteiger partial charge in [0.25, 0.3) is 5.91 Å². The molecule has 1 fully saturated rings. The molecule has 1 aliphatic heterocycles. The number of aromatic nitrogens is 1. The maximum atomic E-state index is 12.7. The fourth-order valence-corrected chi connectivity index (χ4v) is 3.84. The number of carbonyl (C=O) groups is 1. The molecule has 2 heterocycles. The molecule has 0 saturated carbocycles. The molecule has 164 valence electrons. The molecule has 2 aromatic carbocycles. The second kappa shape index (κ2) is 8.58. The van der Waals surface area contributed by atoms with Gasteiger partial charge in [-0.25, -0.2) is 4.79 Å². The summed E-state index contributed by atoms with van der Waals surface area (Å²) in [6.07, 6.45) is -3.66. The number of hydrogen-bond acceptors (Lipinski definition) is 4. The highest BCUT2D eigenvalue weighted by molar-refractivity contribution is 5.94. The molecule has 4 rings (SSSR count). The van der Waals surface area contributed by atoms with Gasteiger partial charge in [0, 0.05) is 38.3 Å².